The second-order valence-electron chi connectivity index (χ2n) is 4.12. The smallest absolute Gasteiger partial charge is 0.322 e. The van der Waals surface area contributed by atoms with Crippen LogP contribution in [0, 0.1) is 0 Å². The van der Waals surface area contributed by atoms with E-state index in [9.17, 15) is 4.79 Å². The van der Waals surface area contributed by atoms with E-state index in [0.29, 0.717) is 0 Å². The number of carboxylic acids is 1. The molecule has 0 spiro atoms. The van der Waals surface area contributed by atoms with Gasteiger partial charge in [-0.15, -0.1) is 0 Å². The Labute approximate surface area is 94.9 Å². The van der Waals surface area contributed by atoms with Crippen LogP contribution in [0.4, 0.5) is 11.4 Å². The Morgan fingerprint density at radius 1 is 1.56 bits per heavy atom. The van der Waals surface area contributed by atoms with E-state index in [4.69, 9.17) is 5.11 Å². The molecule has 0 bridgehead atoms. The molecule has 4 nitrogen and oxygen atoms in total. The number of hydrogen-bond donors (Lipinski definition) is 2. The Morgan fingerprint density at radius 2 is 2.38 bits per heavy atom. The summed E-state index contributed by atoms with van der Waals surface area (Å²) in [6.07, 6.45) is 2.23. The Morgan fingerprint density at radius 3 is 3.12 bits per heavy atom. The third-order valence-corrected chi connectivity index (χ3v) is 2.87. The van der Waals surface area contributed by atoms with E-state index in [1.807, 2.05) is 12.1 Å². The molecule has 0 saturated carbocycles. The molecule has 1 heterocycles. The van der Waals surface area contributed by atoms with Crippen LogP contribution in [0.15, 0.2) is 18.2 Å². The third-order valence-electron chi connectivity index (χ3n) is 2.87. The van der Waals surface area contributed by atoms with Crippen molar-refractivity contribution in [2.75, 3.05) is 30.4 Å². The van der Waals surface area contributed by atoms with Crippen molar-refractivity contribution in [2.24, 2.45) is 0 Å². The zero-order valence-corrected chi connectivity index (χ0v) is 9.36. The standard InChI is InChI=1S/C12H16N2O2/c1-14-6-2-3-9-7-10(4-5-11(9)14)13-8-12(15)16/h4-5,7,13H,2-3,6,8H2,1H3,(H,15,16). The summed E-state index contributed by atoms with van der Waals surface area (Å²) >= 11 is 0. The van der Waals surface area contributed by atoms with Gasteiger partial charge in [0.1, 0.15) is 6.54 Å². The van der Waals surface area contributed by atoms with Crippen LogP contribution in [-0.4, -0.2) is 31.2 Å². The van der Waals surface area contributed by atoms with Crippen LogP contribution < -0.4 is 10.2 Å². The minimum Gasteiger partial charge on any atom is -0.480 e. The molecule has 1 aromatic rings. The van der Waals surface area contributed by atoms with E-state index in [2.05, 4.69) is 23.3 Å². The molecule has 0 aliphatic carbocycles. The number of aliphatic carboxylic acids is 1. The molecule has 0 atom stereocenters. The highest BCUT2D eigenvalue weighted by Gasteiger charge is 2.13. The molecule has 86 valence electrons. The number of carboxylic acid groups (broad SMARTS) is 1. The molecular weight excluding hydrogens is 204 g/mol. The fourth-order valence-corrected chi connectivity index (χ4v) is 2.07. The molecule has 4 heteroatoms. The van der Waals surface area contributed by atoms with Crippen LogP contribution in [0.2, 0.25) is 0 Å². The van der Waals surface area contributed by atoms with E-state index in [-0.39, 0.29) is 6.54 Å². The fourth-order valence-electron chi connectivity index (χ4n) is 2.07. The highest BCUT2D eigenvalue weighted by Crippen LogP contribution is 2.28. The van der Waals surface area contributed by atoms with Crippen LogP contribution in [-0.2, 0) is 11.2 Å². The third kappa shape index (κ3) is 2.27. The molecule has 0 saturated heterocycles. The molecule has 1 aliphatic heterocycles. The Kier molecular flexibility index (Phi) is 2.99. The molecule has 0 radical (unpaired) electrons. The summed E-state index contributed by atoms with van der Waals surface area (Å²) in [5.74, 6) is -0.838. The monoisotopic (exact) mass is 220 g/mol. The summed E-state index contributed by atoms with van der Waals surface area (Å²) in [5, 5.41) is 11.5. The number of benzene rings is 1. The normalized spacial score (nSPS) is 14.4. The number of anilines is 2. The number of rotatable bonds is 3. The molecule has 0 amide bonds. The molecular formula is C12H16N2O2. The van der Waals surface area contributed by atoms with Crippen molar-refractivity contribution in [3.8, 4) is 0 Å². The van der Waals surface area contributed by atoms with Gasteiger partial charge in [0, 0.05) is 25.0 Å². The van der Waals surface area contributed by atoms with E-state index in [0.717, 1.165) is 25.1 Å². The molecule has 0 aromatic heterocycles. The predicted octanol–water partition coefficient (Wildman–Crippen LogP) is 1.57. The first-order valence-corrected chi connectivity index (χ1v) is 5.46. The number of nitrogens with one attached hydrogen (secondary N) is 1. The molecule has 0 fully saturated rings. The maximum absolute atomic E-state index is 10.4. The highest BCUT2D eigenvalue weighted by molar-refractivity contribution is 5.73. The van der Waals surface area contributed by atoms with Crippen LogP contribution in [0.25, 0.3) is 0 Å². The Balaban J connectivity index is 2.15. The van der Waals surface area contributed by atoms with Crippen LogP contribution in [0.5, 0.6) is 0 Å². The van der Waals surface area contributed by atoms with Crippen molar-refractivity contribution in [1.82, 2.24) is 0 Å². The zero-order chi connectivity index (χ0) is 11.5. The van der Waals surface area contributed by atoms with Crippen molar-refractivity contribution in [3.63, 3.8) is 0 Å². The van der Waals surface area contributed by atoms with E-state index >= 15 is 0 Å². The van der Waals surface area contributed by atoms with Gasteiger partial charge in [-0.1, -0.05) is 0 Å². The SMILES string of the molecule is CN1CCCc2cc(NCC(=O)O)ccc21. The average Bonchev–Trinajstić information content (AvgIpc) is 2.26. The van der Waals surface area contributed by atoms with Gasteiger partial charge in [0.05, 0.1) is 0 Å². The number of fused-ring (bicyclic) bond motifs is 1. The summed E-state index contributed by atoms with van der Waals surface area (Å²) in [5.41, 5.74) is 3.44. The highest BCUT2D eigenvalue weighted by atomic mass is 16.4. The number of nitrogens with zero attached hydrogens (tertiary/aromatic N) is 1. The van der Waals surface area contributed by atoms with Gasteiger partial charge in [-0.05, 0) is 36.6 Å². The molecule has 16 heavy (non-hydrogen) atoms. The first-order chi connectivity index (χ1) is 7.66. The van der Waals surface area contributed by atoms with E-state index < -0.39 is 5.97 Å². The quantitative estimate of drug-likeness (QED) is 0.811. The zero-order valence-electron chi connectivity index (χ0n) is 9.36. The second-order valence-corrected chi connectivity index (χ2v) is 4.12. The van der Waals surface area contributed by atoms with Gasteiger partial charge < -0.3 is 15.3 Å². The maximum atomic E-state index is 10.4. The van der Waals surface area contributed by atoms with Crippen LogP contribution >= 0.6 is 0 Å². The van der Waals surface area contributed by atoms with Gasteiger partial charge in [0.2, 0.25) is 0 Å². The van der Waals surface area contributed by atoms with Gasteiger partial charge in [0.15, 0.2) is 0 Å². The van der Waals surface area contributed by atoms with Crippen molar-refractivity contribution in [2.45, 2.75) is 12.8 Å². The minimum atomic E-state index is -0.838. The average molecular weight is 220 g/mol. The van der Waals surface area contributed by atoms with Gasteiger partial charge in [-0.2, -0.15) is 0 Å². The number of aryl methyl sites for hydroxylation is 1. The van der Waals surface area contributed by atoms with E-state index in [1.54, 1.807) is 0 Å². The lowest BCUT2D eigenvalue weighted by Crippen LogP contribution is -2.24. The summed E-state index contributed by atoms with van der Waals surface area (Å²) in [7, 11) is 2.09. The number of hydrogen-bond acceptors (Lipinski definition) is 3. The summed E-state index contributed by atoms with van der Waals surface area (Å²) < 4.78 is 0. The minimum absolute atomic E-state index is 0.0331. The van der Waals surface area contributed by atoms with Gasteiger partial charge in [0.25, 0.3) is 0 Å². The first-order valence-electron chi connectivity index (χ1n) is 5.46. The topological polar surface area (TPSA) is 52.6 Å². The second kappa shape index (κ2) is 4.43. The molecule has 2 rings (SSSR count). The lowest BCUT2D eigenvalue weighted by Gasteiger charge is -2.27. The Hall–Kier alpha value is -1.71. The maximum Gasteiger partial charge on any atom is 0.322 e. The van der Waals surface area contributed by atoms with Crippen LogP contribution in [0.3, 0.4) is 0 Å². The Bertz CT molecular complexity index is 404. The lowest BCUT2D eigenvalue weighted by molar-refractivity contribution is -0.134. The van der Waals surface area contributed by atoms with E-state index in [1.165, 1.54) is 11.3 Å². The van der Waals surface area contributed by atoms with Crippen LogP contribution in [0.1, 0.15) is 12.0 Å². The van der Waals surface area contributed by atoms with Gasteiger partial charge in [-0.25, -0.2) is 0 Å². The van der Waals surface area contributed by atoms with Crippen molar-refractivity contribution >= 4 is 17.3 Å². The van der Waals surface area contributed by atoms with Crippen molar-refractivity contribution in [1.29, 1.82) is 0 Å². The predicted molar refractivity (Wildman–Crippen MR) is 64.2 cm³/mol. The molecule has 0 unspecified atom stereocenters. The van der Waals surface area contributed by atoms with Gasteiger partial charge >= 0.3 is 5.97 Å². The molecule has 2 N–H and O–H groups in total. The molecule has 1 aromatic carbocycles. The summed E-state index contributed by atoms with van der Waals surface area (Å²) in [6.45, 7) is 1.06. The fraction of sp³-hybridized carbons (Fsp3) is 0.417. The first kappa shape index (κ1) is 10.8. The van der Waals surface area contributed by atoms with Crippen molar-refractivity contribution in [3.05, 3.63) is 23.8 Å². The summed E-state index contributed by atoms with van der Waals surface area (Å²) in [4.78, 5) is 12.7. The number of carbonyl (C=O) groups is 1. The van der Waals surface area contributed by atoms with Gasteiger partial charge in [-0.3, -0.25) is 4.79 Å². The van der Waals surface area contributed by atoms with Crippen molar-refractivity contribution < 1.29 is 9.90 Å². The summed E-state index contributed by atoms with van der Waals surface area (Å²) in [6, 6.07) is 6.04. The largest absolute Gasteiger partial charge is 0.480 e. The molecule has 1 aliphatic rings. The lowest BCUT2D eigenvalue weighted by atomic mass is 10.0.